The minimum Gasteiger partial charge on any atom is -0.346 e. The average Bonchev–Trinajstić information content (AvgIpc) is 3.00. The number of benzene rings is 1. The Morgan fingerprint density at radius 1 is 1.26 bits per heavy atom. The lowest BCUT2D eigenvalue weighted by molar-refractivity contribution is 0.0930. The fraction of sp³-hybridized carbons (Fsp3) is 0.211. The quantitative estimate of drug-likeness (QED) is 0.595. The van der Waals surface area contributed by atoms with Gasteiger partial charge in [-0.2, -0.15) is 0 Å². The van der Waals surface area contributed by atoms with Crippen molar-refractivity contribution in [2.75, 3.05) is 0 Å². The van der Waals surface area contributed by atoms with E-state index in [1.807, 2.05) is 44.2 Å². The number of hydrogen-bond acceptors (Lipinski definition) is 5. The maximum absolute atomic E-state index is 12.9. The number of carbonyl (C=O) groups excluding carboxylic acids is 1. The predicted molar refractivity (Wildman–Crippen MR) is 101 cm³/mol. The molecule has 4 rings (SSSR count). The zero-order chi connectivity index (χ0) is 19.0. The highest BCUT2D eigenvalue weighted by molar-refractivity contribution is 5.92. The zero-order valence-corrected chi connectivity index (χ0v) is 15.0. The Balaban J connectivity index is 1.65. The van der Waals surface area contributed by atoms with Crippen LogP contribution in [0.25, 0.3) is 16.6 Å². The van der Waals surface area contributed by atoms with E-state index in [1.54, 1.807) is 4.40 Å². The van der Waals surface area contributed by atoms with Gasteiger partial charge in [-0.15, -0.1) is 5.10 Å². The molecule has 8 heteroatoms. The summed E-state index contributed by atoms with van der Waals surface area (Å²) in [5.41, 5.74) is 2.34. The lowest BCUT2D eigenvalue weighted by Gasteiger charge is -2.12. The third kappa shape index (κ3) is 3.05. The molecule has 0 fully saturated rings. The molecule has 0 bridgehead atoms. The first-order chi connectivity index (χ1) is 13.0. The number of pyridine rings is 1. The molecule has 3 aromatic heterocycles. The molecule has 1 atom stereocenters. The van der Waals surface area contributed by atoms with Gasteiger partial charge in [0.05, 0.1) is 18.3 Å². The topological polar surface area (TPSA) is 94.2 Å². The summed E-state index contributed by atoms with van der Waals surface area (Å²) in [5.74, 6) is -0.339. The zero-order valence-electron chi connectivity index (χ0n) is 15.0. The van der Waals surface area contributed by atoms with E-state index in [0.29, 0.717) is 5.65 Å². The van der Waals surface area contributed by atoms with E-state index in [1.165, 1.54) is 23.3 Å². The summed E-state index contributed by atoms with van der Waals surface area (Å²) in [6.07, 6.45) is 4.36. The number of aryl methyl sites for hydroxylation is 1. The lowest BCUT2D eigenvalue weighted by Crippen LogP contribution is -2.38. The standard InChI is InChI=1S/C19H18N6O2/c1-12-9-14-5-3-4-6-16(14)25-17(12)23-24(19(25)27)11-13(2)22-18(26)15-10-20-7-8-21-15/h3-10,13H,11H2,1-2H3,(H,22,26). The molecule has 8 nitrogen and oxygen atoms in total. The average molecular weight is 362 g/mol. The summed E-state index contributed by atoms with van der Waals surface area (Å²) in [4.78, 5) is 33.0. The molecule has 1 unspecified atom stereocenters. The monoisotopic (exact) mass is 362 g/mol. The highest BCUT2D eigenvalue weighted by Crippen LogP contribution is 2.17. The number of hydrogen-bond donors (Lipinski definition) is 1. The Hall–Kier alpha value is -3.55. The normalized spacial score (nSPS) is 12.4. The summed E-state index contributed by atoms with van der Waals surface area (Å²) in [5, 5.41) is 8.27. The molecular weight excluding hydrogens is 344 g/mol. The molecule has 0 saturated heterocycles. The van der Waals surface area contributed by atoms with Gasteiger partial charge in [0.15, 0.2) is 5.65 Å². The van der Waals surface area contributed by atoms with E-state index in [9.17, 15) is 9.59 Å². The second-order valence-corrected chi connectivity index (χ2v) is 6.48. The van der Waals surface area contributed by atoms with E-state index < -0.39 is 0 Å². The van der Waals surface area contributed by atoms with E-state index in [2.05, 4.69) is 20.4 Å². The van der Waals surface area contributed by atoms with Crippen molar-refractivity contribution in [1.29, 1.82) is 0 Å². The Kier molecular flexibility index (Phi) is 4.15. The van der Waals surface area contributed by atoms with Crippen LogP contribution in [0.2, 0.25) is 0 Å². The number of aromatic nitrogens is 5. The molecule has 0 aliphatic heterocycles. The van der Waals surface area contributed by atoms with Gasteiger partial charge < -0.3 is 5.32 Å². The number of para-hydroxylation sites is 1. The highest BCUT2D eigenvalue weighted by Gasteiger charge is 2.16. The molecule has 1 N–H and O–H groups in total. The van der Waals surface area contributed by atoms with Gasteiger partial charge in [-0.3, -0.25) is 9.78 Å². The van der Waals surface area contributed by atoms with Crippen molar-refractivity contribution in [3.63, 3.8) is 0 Å². The van der Waals surface area contributed by atoms with Crippen LogP contribution in [0, 0.1) is 6.92 Å². The van der Waals surface area contributed by atoms with E-state index in [4.69, 9.17) is 0 Å². The van der Waals surface area contributed by atoms with Crippen LogP contribution in [0.5, 0.6) is 0 Å². The maximum Gasteiger partial charge on any atom is 0.350 e. The summed E-state index contributed by atoms with van der Waals surface area (Å²) in [6.45, 7) is 3.99. The largest absolute Gasteiger partial charge is 0.350 e. The Morgan fingerprint density at radius 2 is 2.07 bits per heavy atom. The third-order valence-corrected chi connectivity index (χ3v) is 4.36. The van der Waals surface area contributed by atoms with Crippen LogP contribution in [-0.2, 0) is 6.54 Å². The van der Waals surface area contributed by atoms with Crippen LogP contribution >= 0.6 is 0 Å². The van der Waals surface area contributed by atoms with Gasteiger partial charge in [0.2, 0.25) is 0 Å². The van der Waals surface area contributed by atoms with E-state index >= 15 is 0 Å². The van der Waals surface area contributed by atoms with Gasteiger partial charge >= 0.3 is 5.69 Å². The number of carbonyl (C=O) groups is 1. The van der Waals surface area contributed by atoms with Gasteiger partial charge in [-0.25, -0.2) is 18.9 Å². The minimum atomic E-state index is -0.339. The first-order valence-electron chi connectivity index (χ1n) is 8.59. The lowest BCUT2D eigenvalue weighted by atomic mass is 10.1. The summed E-state index contributed by atoms with van der Waals surface area (Å²) < 4.78 is 3.00. The van der Waals surface area contributed by atoms with Gasteiger partial charge in [0.25, 0.3) is 5.91 Å². The van der Waals surface area contributed by atoms with Crippen molar-refractivity contribution in [2.24, 2.45) is 0 Å². The molecular formula is C19H18N6O2. The highest BCUT2D eigenvalue weighted by atomic mass is 16.2. The molecule has 1 amide bonds. The van der Waals surface area contributed by atoms with E-state index in [0.717, 1.165) is 16.5 Å². The molecule has 4 aromatic rings. The molecule has 0 aliphatic rings. The summed E-state index contributed by atoms with van der Waals surface area (Å²) in [6, 6.07) is 9.40. The maximum atomic E-state index is 12.9. The SMILES string of the molecule is Cc1cc2ccccc2n2c(=O)n(CC(C)NC(=O)c3cnccn3)nc12. The Bertz CT molecular complexity index is 1200. The molecule has 0 spiro atoms. The van der Waals surface area contributed by atoms with Crippen LogP contribution in [-0.4, -0.2) is 36.1 Å². The number of nitrogens with one attached hydrogen (secondary N) is 1. The van der Waals surface area contributed by atoms with Gasteiger partial charge in [-0.1, -0.05) is 18.2 Å². The van der Waals surface area contributed by atoms with Crippen molar-refractivity contribution in [3.8, 4) is 0 Å². The van der Waals surface area contributed by atoms with Crippen molar-refractivity contribution < 1.29 is 4.79 Å². The second-order valence-electron chi connectivity index (χ2n) is 6.48. The van der Waals surface area contributed by atoms with Crippen LogP contribution in [0.3, 0.4) is 0 Å². The molecule has 27 heavy (non-hydrogen) atoms. The van der Waals surface area contributed by atoms with Crippen LogP contribution in [0.4, 0.5) is 0 Å². The van der Waals surface area contributed by atoms with Gasteiger partial charge in [0, 0.05) is 18.4 Å². The van der Waals surface area contributed by atoms with Gasteiger partial charge in [0.1, 0.15) is 5.69 Å². The Morgan fingerprint density at radius 3 is 2.85 bits per heavy atom. The smallest absolute Gasteiger partial charge is 0.346 e. The first-order valence-corrected chi connectivity index (χ1v) is 8.59. The van der Waals surface area contributed by atoms with Crippen molar-refractivity contribution in [2.45, 2.75) is 26.4 Å². The third-order valence-electron chi connectivity index (χ3n) is 4.36. The fourth-order valence-electron chi connectivity index (χ4n) is 3.13. The van der Waals surface area contributed by atoms with Crippen LogP contribution in [0.15, 0.2) is 53.7 Å². The second kappa shape index (κ2) is 6.64. The number of amides is 1. The molecule has 3 heterocycles. The number of rotatable bonds is 4. The number of fused-ring (bicyclic) bond motifs is 3. The van der Waals surface area contributed by atoms with E-state index in [-0.39, 0.29) is 29.9 Å². The summed E-state index contributed by atoms with van der Waals surface area (Å²) in [7, 11) is 0. The molecule has 0 aliphatic carbocycles. The van der Waals surface area contributed by atoms with Crippen LogP contribution < -0.4 is 11.0 Å². The predicted octanol–water partition coefficient (Wildman–Crippen LogP) is 1.57. The van der Waals surface area contributed by atoms with Crippen molar-refractivity contribution in [3.05, 3.63) is 70.7 Å². The van der Waals surface area contributed by atoms with Crippen molar-refractivity contribution in [1.82, 2.24) is 29.5 Å². The fourth-order valence-corrected chi connectivity index (χ4v) is 3.13. The van der Waals surface area contributed by atoms with Crippen molar-refractivity contribution >= 4 is 22.5 Å². The van der Waals surface area contributed by atoms with Crippen LogP contribution in [0.1, 0.15) is 23.0 Å². The molecule has 136 valence electrons. The molecule has 0 radical (unpaired) electrons. The number of nitrogens with zero attached hydrogens (tertiary/aromatic N) is 5. The minimum absolute atomic E-state index is 0.230. The van der Waals surface area contributed by atoms with Gasteiger partial charge in [-0.05, 0) is 36.9 Å². The molecule has 0 saturated carbocycles. The molecule has 1 aromatic carbocycles. The summed E-state index contributed by atoms with van der Waals surface area (Å²) >= 11 is 0. The first kappa shape index (κ1) is 16.9. The Labute approximate surface area is 154 Å².